The number of aryl methyl sites for hydroxylation is 1. The first-order valence-corrected chi connectivity index (χ1v) is 8.01. The predicted molar refractivity (Wildman–Crippen MR) is 96.3 cm³/mol. The standard InChI is InChI=1S/C20H20N2O2/c1-14-6-5-8-17(15(14)2)21-19(23)10-11-20(24)22-13-12-16-7-3-4-9-18(16)22/h3-9,12-13H,10-11H2,1-2H3,(H,21,23). The highest BCUT2D eigenvalue weighted by atomic mass is 16.2. The molecule has 0 unspecified atom stereocenters. The molecule has 1 heterocycles. The lowest BCUT2D eigenvalue weighted by molar-refractivity contribution is -0.116. The maximum Gasteiger partial charge on any atom is 0.231 e. The largest absolute Gasteiger partial charge is 0.326 e. The van der Waals surface area contributed by atoms with Gasteiger partial charge in [-0.05, 0) is 43.2 Å². The van der Waals surface area contributed by atoms with Crippen LogP contribution in [0.15, 0.2) is 54.7 Å². The fourth-order valence-corrected chi connectivity index (χ4v) is 2.74. The number of anilines is 1. The van der Waals surface area contributed by atoms with E-state index in [1.165, 1.54) is 0 Å². The Balaban J connectivity index is 1.64. The quantitative estimate of drug-likeness (QED) is 0.778. The van der Waals surface area contributed by atoms with Crippen molar-refractivity contribution in [1.29, 1.82) is 0 Å². The van der Waals surface area contributed by atoms with Crippen LogP contribution >= 0.6 is 0 Å². The summed E-state index contributed by atoms with van der Waals surface area (Å²) >= 11 is 0. The normalized spacial score (nSPS) is 10.8. The molecule has 0 aliphatic rings. The summed E-state index contributed by atoms with van der Waals surface area (Å²) in [5.74, 6) is -0.221. The lowest BCUT2D eigenvalue weighted by Gasteiger charge is -2.10. The van der Waals surface area contributed by atoms with Gasteiger partial charge < -0.3 is 5.32 Å². The molecular formula is C20H20N2O2. The minimum atomic E-state index is -0.145. The summed E-state index contributed by atoms with van der Waals surface area (Å²) in [6.07, 6.45) is 2.10. The van der Waals surface area contributed by atoms with Crippen molar-refractivity contribution < 1.29 is 9.59 Å². The number of hydrogen-bond donors (Lipinski definition) is 1. The van der Waals surface area contributed by atoms with Crippen molar-refractivity contribution in [3.8, 4) is 0 Å². The van der Waals surface area contributed by atoms with E-state index in [1.54, 1.807) is 10.8 Å². The van der Waals surface area contributed by atoms with Gasteiger partial charge in [0.15, 0.2) is 0 Å². The molecule has 4 heteroatoms. The summed E-state index contributed by atoms with van der Waals surface area (Å²) in [7, 11) is 0. The van der Waals surface area contributed by atoms with Gasteiger partial charge in [0, 0.05) is 30.1 Å². The molecule has 3 aromatic rings. The van der Waals surface area contributed by atoms with Gasteiger partial charge in [-0.3, -0.25) is 14.2 Å². The average Bonchev–Trinajstić information content (AvgIpc) is 3.01. The number of amides is 1. The molecule has 4 nitrogen and oxygen atoms in total. The second kappa shape index (κ2) is 6.71. The maximum absolute atomic E-state index is 12.4. The average molecular weight is 320 g/mol. The number of fused-ring (bicyclic) bond motifs is 1. The molecule has 0 saturated carbocycles. The van der Waals surface area contributed by atoms with E-state index in [1.807, 2.05) is 62.4 Å². The second-order valence-electron chi connectivity index (χ2n) is 5.93. The van der Waals surface area contributed by atoms with Crippen molar-refractivity contribution in [2.24, 2.45) is 0 Å². The van der Waals surface area contributed by atoms with Crippen molar-refractivity contribution in [2.45, 2.75) is 26.7 Å². The van der Waals surface area contributed by atoms with E-state index in [0.717, 1.165) is 27.7 Å². The molecular weight excluding hydrogens is 300 g/mol. The summed E-state index contributed by atoms with van der Waals surface area (Å²) in [5.41, 5.74) is 3.85. The van der Waals surface area contributed by atoms with Crippen LogP contribution in [0.1, 0.15) is 28.8 Å². The first kappa shape index (κ1) is 16.0. The number of benzene rings is 2. The highest BCUT2D eigenvalue weighted by Gasteiger charge is 2.12. The SMILES string of the molecule is Cc1cccc(NC(=O)CCC(=O)n2ccc3ccccc32)c1C. The number of nitrogens with one attached hydrogen (secondary N) is 1. The number of carbonyl (C=O) groups is 2. The predicted octanol–water partition coefficient (Wildman–Crippen LogP) is 4.32. The van der Waals surface area contributed by atoms with Gasteiger partial charge in [-0.15, -0.1) is 0 Å². The summed E-state index contributed by atoms with van der Waals surface area (Å²) < 4.78 is 1.61. The van der Waals surface area contributed by atoms with Crippen LogP contribution in [0, 0.1) is 13.8 Å². The Hall–Kier alpha value is -2.88. The number of aromatic nitrogens is 1. The minimum absolute atomic E-state index is 0.0766. The molecule has 0 spiro atoms. The Bertz CT molecular complexity index is 909. The van der Waals surface area contributed by atoms with Crippen molar-refractivity contribution in [2.75, 3.05) is 5.32 Å². The van der Waals surface area contributed by atoms with E-state index < -0.39 is 0 Å². The molecule has 1 N–H and O–H groups in total. The zero-order valence-corrected chi connectivity index (χ0v) is 13.9. The number of rotatable bonds is 4. The lowest BCUT2D eigenvalue weighted by atomic mass is 10.1. The van der Waals surface area contributed by atoms with Crippen LogP contribution in [0.4, 0.5) is 5.69 Å². The third-order valence-corrected chi connectivity index (χ3v) is 4.31. The Kier molecular flexibility index (Phi) is 4.47. The molecule has 0 fully saturated rings. The summed E-state index contributed by atoms with van der Waals surface area (Å²) in [6.45, 7) is 3.98. The third kappa shape index (κ3) is 3.23. The van der Waals surface area contributed by atoms with Gasteiger partial charge in [0.1, 0.15) is 0 Å². The van der Waals surface area contributed by atoms with E-state index in [-0.39, 0.29) is 24.7 Å². The van der Waals surface area contributed by atoms with E-state index in [0.29, 0.717) is 0 Å². The molecule has 0 atom stereocenters. The Morgan fingerprint density at radius 2 is 1.75 bits per heavy atom. The summed E-state index contributed by atoms with van der Waals surface area (Å²) in [5, 5.41) is 3.91. The molecule has 24 heavy (non-hydrogen) atoms. The Morgan fingerprint density at radius 3 is 2.58 bits per heavy atom. The Labute approximate surface area is 141 Å². The lowest BCUT2D eigenvalue weighted by Crippen LogP contribution is -2.16. The van der Waals surface area contributed by atoms with Crippen LogP contribution in [-0.2, 0) is 4.79 Å². The molecule has 0 bridgehead atoms. The summed E-state index contributed by atoms with van der Waals surface area (Å²) in [6, 6.07) is 15.4. The zero-order valence-electron chi connectivity index (χ0n) is 13.9. The van der Waals surface area contributed by atoms with E-state index in [9.17, 15) is 9.59 Å². The number of nitrogens with zero attached hydrogens (tertiary/aromatic N) is 1. The fourth-order valence-electron chi connectivity index (χ4n) is 2.74. The molecule has 0 aliphatic carbocycles. The van der Waals surface area contributed by atoms with Gasteiger partial charge in [-0.25, -0.2) is 0 Å². The third-order valence-electron chi connectivity index (χ3n) is 4.31. The van der Waals surface area contributed by atoms with Gasteiger partial charge in [0.2, 0.25) is 11.8 Å². The second-order valence-corrected chi connectivity index (χ2v) is 5.93. The molecule has 1 amide bonds. The van der Waals surface area contributed by atoms with Crippen LogP contribution in [0.25, 0.3) is 10.9 Å². The molecule has 3 rings (SSSR count). The highest BCUT2D eigenvalue weighted by molar-refractivity contribution is 5.97. The van der Waals surface area contributed by atoms with Gasteiger partial charge in [-0.1, -0.05) is 30.3 Å². The number of para-hydroxylation sites is 1. The van der Waals surface area contributed by atoms with E-state index >= 15 is 0 Å². The summed E-state index contributed by atoms with van der Waals surface area (Å²) in [4.78, 5) is 24.5. The monoisotopic (exact) mass is 320 g/mol. The number of carbonyl (C=O) groups excluding carboxylic acids is 2. The van der Waals surface area contributed by atoms with Gasteiger partial charge in [0.05, 0.1) is 5.52 Å². The smallest absolute Gasteiger partial charge is 0.231 e. The minimum Gasteiger partial charge on any atom is -0.326 e. The van der Waals surface area contributed by atoms with Crippen molar-refractivity contribution in [1.82, 2.24) is 4.57 Å². The van der Waals surface area contributed by atoms with Gasteiger partial charge >= 0.3 is 0 Å². The molecule has 2 aromatic carbocycles. The van der Waals surface area contributed by atoms with Crippen molar-refractivity contribution in [3.05, 3.63) is 65.9 Å². The fraction of sp³-hybridized carbons (Fsp3) is 0.200. The van der Waals surface area contributed by atoms with Crippen LogP contribution in [0.3, 0.4) is 0 Å². The van der Waals surface area contributed by atoms with Gasteiger partial charge in [-0.2, -0.15) is 0 Å². The van der Waals surface area contributed by atoms with Crippen LogP contribution < -0.4 is 5.32 Å². The molecule has 0 saturated heterocycles. The van der Waals surface area contributed by atoms with Crippen molar-refractivity contribution in [3.63, 3.8) is 0 Å². The van der Waals surface area contributed by atoms with Crippen LogP contribution in [-0.4, -0.2) is 16.4 Å². The first-order valence-electron chi connectivity index (χ1n) is 8.01. The number of hydrogen-bond acceptors (Lipinski definition) is 2. The highest BCUT2D eigenvalue weighted by Crippen LogP contribution is 2.19. The van der Waals surface area contributed by atoms with Crippen LogP contribution in [0.5, 0.6) is 0 Å². The molecule has 122 valence electrons. The Morgan fingerprint density at radius 1 is 0.958 bits per heavy atom. The molecule has 1 aromatic heterocycles. The van der Waals surface area contributed by atoms with E-state index in [4.69, 9.17) is 0 Å². The topological polar surface area (TPSA) is 51.1 Å². The van der Waals surface area contributed by atoms with Gasteiger partial charge in [0.25, 0.3) is 0 Å². The molecule has 0 radical (unpaired) electrons. The molecule has 0 aliphatic heterocycles. The maximum atomic E-state index is 12.4. The van der Waals surface area contributed by atoms with Crippen LogP contribution in [0.2, 0.25) is 0 Å². The van der Waals surface area contributed by atoms with E-state index in [2.05, 4.69) is 5.32 Å². The zero-order chi connectivity index (χ0) is 17.1. The van der Waals surface area contributed by atoms with Crippen molar-refractivity contribution >= 4 is 28.4 Å². The first-order chi connectivity index (χ1) is 11.6.